The smallest absolute Gasteiger partial charge is 0.214 e. The Labute approximate surface area is 92.1 Å². The fourth-order valence-electron chi connectivity index (χ4n) is 2.40. The Morgan fingerprint density at radius 2 is 1.93 bits per heavy atom. The van der Waals surface area contributed by atoms with E-state index in [2.05, 4.69) is 5.32 Å². The summed E-state index contributed by atoms with van der Waals surface area (Å²) in [7, 11) is -2.97. The van der Waals surface area contributed by atoms with Gasteiger partial charge in [0.05, 0.1) is 5.75 Å². The van der Waals surface area contributed by atoms with Crippen molar-refractivity contribution >= 4 is 10.0 Å². The number of piperidine rings is 1. The number of nitrogens with zero attached hydrogens (tertiary/aromatic N) is 1. The van der Waals surface area contributed by atoms with Crippen LogP contribution in [-0.2, 0) is 10.0 Å². The van der Waals surface area contributed by atoms with Crippen LogP contribution in [0, 0.1) is 5.92 Å². The van der Waals surface area contributed by atoms with Crippen molar-refractivity contribution in [1.29, 1.82) is 0 Å². The number of nitrogens with one attached hydrogen (secondary N) is 1. The van der Waals surface area contributed by atoms with Crippen LogP contribution in [0.25, 0.3) is 0 Å². The van der Waals surface area contributed by atoms with Crippen molar-refractivity contribution in [2.24, 2.45) is 5.92 Å². The van der Waals surface area contributed by atoms with Gasteiger partial charge in [0.1, 0.15) is 0 Å². The van der Waals surface area contributed by atoms with Gasteiger partial charge in [0.15, 0.2) is 0 Å². The third-order valence-electron chi connectivity index (χ3n) is 3.32. The fraction of sp³-hybridized carbons (Fsp3) is 1.00. The first kappa shape index (κ1) is 11.4. The number of hydrogen-bond donors (Lipinski definition) is 1. The van der Waals surface area contributed by atoms with E-state index in [1.54, 1.807) is 4.31 Å². The first-order valence-corrected chi connectivity index (χ1v) is 7.48. The highest BCUT2D eigenvalue weighted by molar-refractivity contribution is 7.89. The summed E-state index contributed by atoms with van der Waals surface area (Å²) >= 11 is 0. The molecule has 15 heavy (non-hydrogen) atoms. The molecule has 0 bridgehead atoms. The molecule has 5 heteroatoms. The van der Waals surface area contributed by atoms with Crippen LogP contribution in [0.1, 0.15) is 25.7 Å². The molecule has 1 N–H and O–H groups in total. The van der Waals surface area contributed by atoms with Gasteiger partial charge in [-0.3, -0.25) is 0 Å². The second-order valence-electron chi connectivity index (χ2n) is 4.60. The molecule has 2 heterocycles. The SMILES string of the molecule is O=S(=O)(CC1CCNC1)N1CCCCC1. The minimum atomic E-state index is -2.97. The van der Waals surface area contributed by atoms with Gasteiger partial charge < -0.3 is 5.32 Å². The Kier molecular flexibility index (Phi) is 3.64. The molecule has 2 fully saturated rings. The highest BCUT2D eigenvalue weighted by Gasteiger charge is 2.28. The Hall–Kier alpha value is -0.130. The zero-order valence-corrected chi connectivity index (χ0v) is 9.93. The molecule has 0 aromatic heterocycles. The molecule has 0 radical (unpaired) electrons. The average molecular weight is 232 g/mol. The lowest BCUT2D eigenvalue weighted by Gasteiger charge is -2.26. The van der Waals surface area contributed by atoms with Crippen LogP contribution in [0.2, 0.25) is 0 Å². The predicted octanol–water partition coefficient (Wildman–Crippen LogP) is 0.412. The van der Waals surface area contributed by atoms with Crippen LogP contribution >= 0.6 is 0 Å². The highest BCUT2D eigenvalue weighted by Crippen LogP contribution is 2.18. The highest BCUT2D eigenvalue weighted by atomic mass is 32.2. The topological polar surface area (TPSA) is 49.4 Å². The first-order valence-electron chi connectivity index (χ1n) is 5.87. The van der Waals surface area contributed by atoms with Crippen LogP contribution in [0.5, 0.6) is 0 Å². The summed E-state index contributed by atoms with van der Waals surface area (Å²) < 4.78 is 25.8. The molecule has 0 saturated carbocycles. The summed E-state index contributed by atoms with van der Waals surface area (Å²) in [6, 6.07) is 0. The van der Waals surface area contributed by atoms with Gasteiger partial charge in [-0.05, 0) is 38.3 Å². The molecule has 2 aliphatic rings. The molecule has 2 rings (SSSR count). The Morgan fingerprint density at radius 3 is 2.53 bits per heavy atom. The first-order chi connectivity index (χ1) is 7.18. The molecule has 1 unspecified atom stereocenters. The molecule has 0 aliphatic carbocycles. The van der Waals surface area contributed by atoms with Crippen molar-refractivity contribution in [3.05, 3.63) is 0 Å². The average Bonchev–Trinajstić information content (AvgIpc) is 2.71. The van der Waals surface area contributed by atoms with Crippen molar-refractivity contribution in [3.63, 3.8) is 0 Å². The van der Waals surface area contributed by atoms with E-state index in [9.17, 15) is 8.42 Å². The normalized spacial score (nSPS) is 29.5. The van der Waals surface area contributed by atoms with Crippen molar-refractivity contribution < 1.29 is 8.42 Å². The second kappa shape index (κ2) is 4.80. The lowest BCUT2D eigenvalue weighted by atomic mass is 10.2. The minimum absolute atomic E-state index is 0.330. The molecule has 4 nitrogen and oxygen atoms in total. The van der Waals surface area contributed by atoms with Gasteiger partial charge in [-0.2, -0.15) is 0 Å². The van der Waals surface area contributed by atoms with Crippen molar-refractivity contribution in [2.45, 2.75) is 25.7 Å². The van der Waals surface area contributed by atoms with Gasteiger partial charge in [0.25, 0.3) is 0 Å². The minimum Gasteiger partial charge on any atom is -0.316 e. The van der Waals surface area contributed by atoms with E-state index in [0.29, 0.717) is 11.7 Å². The van der Waals surface area contributed by atoms with Gasteiger partial charge in [0, 0.05) is 13.1 Å². The molecule has 0 amide bonds. The zero-order chi connectivity index (χ0) is 10.7. The summed E-state index contributed by atoms with van der Waals surface area (Å²) in [5, 5.41) is 3.21. The number of sulfonamides is 1. The number of rotatable bonds is 3. The van der Waals surface area contributed by atoms with Crippen LogP contribution in [0.15, 0.2) is 0 Å². The van der Waals surface area contributed by atoms with E-state index in [-0.39, 0.29) is 0 Å². The maximum absolute atomic E-state index is 12.0. The number of hydrogen-bond acceptors (Lipinski definition) is 3. The lowest BCUT2D eigenvalue weighted by molar-refractivity contribution is 0.344. The summed E-state index contributed by atoms with van der Waals surface area (Å²) in [5.41, 5.74) is 0. The van der Waals surface area contributed by atoms with E-state index in [0.717, 1.165) is 45.4 Å². The lowest BCUT2D eigenvalue weighted by Crippen LogP contribution is -2.39. The molecular weight excluding hydrogens is 212 g/mol. The molecule has 2 saturated heterocycles. The maximum atomic E-state index is 12.0. The Morgan fingerprint density at radius 1 is 1.20 bits per heavy atom. The van der Waals surface area contributed by atoms with Gasteiger partial charge in [-0.15, -0.1) is 0 Å². The second-order valence-corrected chi connectivity index (χ2v) is 6.61. The van der Waals surface area contributed by atoms with E-state index < -0.39 is 10.0 Å². The van der Waals surface area contributed by atoms with E-state index in [4.69, 9.17) is 0 Å². The fourth-order valence-corrected chi connectivity index (χ4v) is 4.31. The summed E-state index contributed by atoms with van der Waals surface area (Å²) in [6.07, 6.45) is 4.24. The van der Waals surface area contributed by atoms with Crippen LogP contribution in [0.4, 0.5) is 0 Å². The van der Waals surface area contributed by atoms with Crippen molar-refractivity contribution in [3.8, 4) is 0 Å². The summed E-state index contributed by atoms with van der Waals surface area (Å²) in [6.45, 7) is 3.32. The quantitative estimate of drug-likeness (QED) is 0.767. The molecule has 0 spiro atoms. The molecule has 88 valence electrons. The Balaban J connectivity index is 1.92. The third kappa shape index (κ3) is 2.92. The van der Waals surface area contributed by atoms with Gasteiger partial charge >= 0.3 is 0 Å². The molecule has 0 aromatic rings. The van der Waals surface area contributed by atoms with Gasteiger partial charge in [0.2, 0.25) is 10.0 Å². The van der Waals surface area contributed by atoms with Crippen molar-refractivity contribution in [1.82, 2.24) is 9.62 Å². The molecule has 0 aromatic carbocycles. The summed E-state index contributed by atoms with van der Waals surface area (Å²) in [4.78, 5) is 0. The standard InChI is InChI=1S/C10H20N2O2S/c13-15(14,9-10-4-5-11-8-10)12-6-2-1-3-7-12/h10-11H,1-9H2. The van der Waals surface area contributed by atoms with E-state index in [1.165, 1.54) is 6.42 Å². The monoisotopic (exact) mass is 232 g/mol. The Bertz CT molecular complexity index is 291. The summed E-state index contributed by atoms with van der Waals surface area (Å²) in [5.74, 6) is 0.678. The molecular formula is C10H20N2O2S. The third-order valence-corrected chi connectivity index (χ3v) is 5.36. The maximum Gasteiger partial charge on any atom is 0.214 e. The largest absolute Gasteiger partial charge is 0.316 e. The van der Waals surface area contributed by atoms with Crippen LogP contribution < -0.4 is 5.32 Å². The van der Waals surface area contributed by atoms with Crippen LogP contribution in [-0.4, -0.2) is 44.7 Å². The predicted molar refractivity (Wildman–Crippen MR) is 60.2 cm³/mol. The zero-order valence-electron chi connectivity index (χ0n) is 9.11. The van der Waals surface area contributed by atoms with E-state index >= 15 is 0 Å². The van der Waals surface area contributed by atoms with E-state index in [1.807, 2.05) is 0 Å². The van der Waals surface area contributed by atoms with Gasteiger partial charge in [-0.25, -0.2) is 12.7 Å². The van der Waals surface area contributed by atoms with Gasteiger partial charge in [-0.1, -0.05) is 6.42 Å². The molecule has 1 atom stereocenters. The van der Waals surface area contributed by atoms with Crippen LogP contribution in [0.3, 0.4) is 0 Å². The van der Waals surface area contributed by atoms with Crippen molar-refractivity contribution in [2.75, 3.05) is 31.9 Å². The molecule has 2 aliphatic heterocycles.